The summed E-state index contributed by atoms with van der Waals surface area (Å²) in [6, 6.07) is 1.67. The molecule has 1 amide bonds. The Hall–Kier alpha value is -1.69. The molecular formula is C14H25N5O. The Kier molecular flexibility index (Phi) is 5.88. The Morgan fingerprint density at radius 3 is 2.60 bits per heavy atom. The first kappa shape index (κ1) is 16.4. The van der Waals surface area contributed by atoms with Gasteiger partial charge in [0.2, 0.25) is 0 Å². The van der Waals surface area contributed by atoms with Crippen LogP contribution < -0.4 is 10.6 Å². The fraction of sp³-hybridized carbons (Fsp3) is 0.643. The highest BCUT2D eigenvalue weighted by Crippen LogP contribution is 2.11. The second-order valence-electron chi connectivity index (χ2n) is 6.08. The van der Waals surface area contributed by atoms with Gasteiger partial charge >= 0.3 is 0 Å². The van der Waals surface area contributed by atoms with Gasteiger partial charge in [0.1, 0.15) is 17.8 Å². The summed E-state index contributed by atoms with van der Waals surface area (Å²) in [6.07, 6.45) is 2.32. The van der Waals surface area contributed by atoms with Crippen LogP contribution in [-0.4, -0.2) is 53.5 Å². The van der Waals surface area contributed by atoms with Crippen molar-refractivity contribution in [1.82, 2.24) is 20.2 Å². The van der Waals surface area contributed by atoms with Crippen LogP contribution in [0.5, 0.6) is 0 Å². The molecule has 0 fully saturated rings. The number of carbonyl (C=O) groups excluding carboxylic acids is 1. The van der Waals surface area contributed by atoms with Crippen molar-refractivity contribution in [2.45, 2.75) is 32.7 Å². The van der Waals surface area contributed by atoms with Crippen molar-refractivity contribution in [2.75, 3.05) is 32.5 Å². The molecule has 0 radical (unpaired) electrons. The van der Waals surface area contributed by atoms with Crippen LogP contribution in [0.3, 0.4) is 0 Å². The summed E-state index contributed by atoms with van der Waals surface area (Å²) in [6.45, 7) is 7.70. The number of hydrogen-bond acceptors (Lipinski definition) is 5. The molecule has 112 valence electrons. The summed E-state index contributed by atoms with van der Waals surface area (Å²) >= 11 is 0. The lowest BCUT2D eigenvalue weighted by molar-refractivity contribution is 0.0947. The molecule has 6 nitrogen and oxygen atoms in total. The molecule has 2 N–H and O–H groups in total. The molecule has 20 heavy (non-hydrogen) atoms. The lowest BCUT2D eigenvalue weighted by Gasteiger charge is -2.21. The molecule has 1 rings (SSSR count). The van der Waals surface area contributed by atoms with E-state index in [-0.39, 0.29) is 11.4 Å². The summed E-state index contributed by atoms with van der Waals surface area (Å²) in [5, 5.41) is 6.08. The number of anilines is 1. The largest absolute Gasteiger partial charge is 0.365 e. The number of hydrogen-bond donors (Lipinski definition) is 2. The Morgan fingerprint density at radius 1 is 1.30 bits per heavy atom. The Labute approximate surface area is 121 Å². The van der Waals surface area contributed by atoms with Crippen molar-refractivity contribution in [3.05, 3.63) is 18.1 Å². The van der Waals surface area contributed by atoms with Crippen molar-refractivity contribution in [1.29, 1.82) is 0 Å². The van der Waals surface area contributed by atoms with Gasteiger partial charge in [0, 0.05) is 18.2 Å². The van der Waals surface area contributed by atoms with Crippen molar-refractivity contribution in [3.8, 4) is 0 Å². The number of nitrogens with one attached hydrogen (secondary N) is 2. The number of aromatic nitrogens is 2. The van der Waals surface area contributed by atoms with Crippen molar-refractivity contribution >= 4 is 11.7 Å². The van der Waals surface area contributed by atoms with Crippen LogP contribution in [0.2, 0.25) is 0 Å². The molecule has 0 bridgehead atoms. The third kappa shape index (κ3) is 6.47. The zero-order valence-corrected chi connectivity index (χ0v) is 13.0. The van der Waals surface area contributed by atoms with Crippen LogP contribution in [0.4, 0.5) is 5.82 Å². The molecule has 0 aromatic carbocycles. The Morgan fingerprint density at radius 2 is 2.00 bits per heavy atom. The molecule has 0 aliphatic heterocycles. The van der Waals surface area contributed by atoms with E-state index in [0.717, 1.165) is 13.0 Å². The van der Waals surface area contributed by atoms with Crippen LogP contribution in [0.25, 0.3) is 0 Å². The molecule has 1 heterocycles. The maximum Gasteiger partial charge on any atom is 0.270 e. The minimum atomic E-state index is -0.164. The van der Waals surface area contributed by atoms with Gasteiger partial charge in [-0.2, -0.15) is 0 Å². The summed E-state index contributed by atoms with van der Waals surface area (Å²) in [5.74, 6) is 0.494. The molecule has 0 spiro atoms. The number of carbonyl (C=O) groups is 1. The van der Waals surface area contributed by atoms with E-state index < -0.39 is 0 Å². The highest BCUT2D eigenvalue weighted by Gasteiger charge is 2.13. The lowest BCUT2D eigenvalue weighted by Crippen LogP contribution is -2.29. The minimum absolute atomic E-state index is 0.103. The first-order valence-electron chi connectivity index (χ1n) is 6.81. The molecular weight excluding hydrogens is 254 g/mol. The summed E-state index contributed by atoms with van der Waals surface area (Å²) in [7, 11) is 4.02. The molecule has 6 heteroatoms. The molecule has 1 aromatic rings. The standard InChI is InChI=1S/C14H25N5O/c1-14(2,3)18-12-9-11(16-10-17-12)13(20)15-7-6-8-19(4)5/h9-10H,6-8H2,1-5H3,(H,15,20)(H,16,17,18). The maximum absolute atomic E-state index is 12.0. The average molecular weight is 279 g/mol. The third-order valence-corrected chi connectivity index (χ3v) is 2.47. The predicted molar refractivity (Wildman–Crippen MR) is 80.9 cm³/mol. The zero-order valence-electron chi connectivity index (χ0n) is 13.0. The van der Waals surface area contributed by atoms with Crippen LogP contribution in [0.15, 0.2) is 12.4 Å². The van der Waals surface area contributed by atoms with E-state index in [1.165, 1.54) is 6.33 Å². The van der Waals surface area contributed by atoms with Gasteiger partial charge in [-0.15, -0.1) is 0 Å². The predicted octanol–water partition coefficient (Wildman–Crippen LogP) is 1.37. The third-order valence-electron chi connectivity index (χ3n) is 2.47. The fourth-order valence-corrected chi connectivity index (χ4v) is 1.62. The van der Waals surface area contributed by atoms with E-state index in [4.69, 9.17) is 0 Å². The number of nitrogens with zero attached hydrogens (tertiary/aromatic N) is 3. The van der Waals surface area contributed by atoms with Crippen molar-refractivity contribution in [2.24, 2.45) is 0 Å². The van der Waals surface area contributed by atoms with E-state index in [1.54, 1.807) is 6.07 Å². The van der Waals surface area contributed by atoms with Crippen LogP contribution in [0, 0.1) is 0 Å². The normalized spacial score (nSPS) is 11.5. The molecule has 1 aromatic heterocycles. The van der Waals surface area contributed by atoms with E-state index in [9.17, 15) is 4.79 Å². The second kappa shape index (κ2) is 7.19. The molecule has 0 unspecified atom stereocenters. The monoisotopic (exact) mass is 279 g/mol. The van der Waals surface area contributed by atoms with E-state index >= 15 is 0 Å². The number of amides is 1. The smallest absolute Gasteiger partial charge is 0.270 e. The molecule has 0 aliphatic carbocycles. The first-order valence-corrected chi connectivity index (χ1v) is 6.81. The Bertz CT molecular complexity index is 439. The first-order chi connectivity index (χ1) is 9.28. The van der Waals surface area contributed by atoms with Gasteiger partial charge in [-0.3, -0.25) is 4.79 Å². The number of rotatable bonds is 6. The van der Waals surface area contributed by atoms with Gasteiger partial charge in [0.25, 0.3) is 5.91 Å². The second-order valence-corrected chi connectivity index (χ2v) is 6.08. The van der Waals surface area contributed by atoms with E-state index in [2.05, 4.69) is 25.5 Å². The lowest BCUT2D eigenvalue weighted by atomic mass is 10.1. The van der Waals surface area contributed by atoms with Gasteiger partial charge < -0.3 is 15.5 Å². The van der Waals surface area contributed by atoms with E-state index in [0.29, 0.717) is 18.1 Å². The van der Waals surface area contributed by atoms with Crippen molar-refractivity contribution in [3.63, 3.8) is 0 Å². The summed E-state index contributed by atoms with van der Waals surface area (Å²) < 4.78 is 0. The highest BCUT2D eigenvalue weighted by atomic mass is 16.1. The fourth-order valence-electron chi connectivity index (χ4n) is 1.62. The quantitative estimate of drug-likeness (QED) is 0.770. The Balaban J connectivity index is 2.54. The molecule has 0 saturated carbocycles. The minimum Gasteiger partial charge on any atom is -0.365 e. The van der Waals surface area contributed by atoms with Crippen molar-refractivity contribution < 1.29 is 4.79 Å². The topological polar surface area (TPSA) is 70.2 Å². The van der Waals surface area contributed by atoms with Gasteiger partial charge in [-0.1, -0.05) is 0 Å². The van der Waals surface area contributed by atoms with E-state index in [1.807, 2.05) is 34.9 Å². The van der Waals surface area contributed by atoms with Crippen LogP contribution in [0.1, 0.15) is 37.7 Å². The highest BCUT2D eigenvalue weighted by molar-refractivity contribution is 5.92. The average Bonchev–Trinajstić information content (AvgIpc) is 2.32. The zero-order chi connectivity index (χ0) is 15.2. The van der Waals surface area contributed by atoms with Crippen LogP contribution >= 0.6 is 0 Å². The van der Waals surface area contributed by atoms with Gasteiger partial charge in [-0.25, -0.2) is 9.97 Å². The van der Waals surface area contributed by atoms with Crippen LogP contribution in [-0.2, 0) is 0 Å². The van der Waals surface area contributed by atoms with Gasteiger partial charge in [-0.05, 0) is 47.8 Å². The van der Waals surface area contributed by atoms with Gasteiger partial charge in [0.05, 0.1) is 0 Å². The molecule has 0 saturated heterocycles. The molecule has 0 atom stereocenters. The maximum atomic E-state index is 12.0. The SMILES string of the molecule is CN(C)CCCNC(=O)c1cc(NC(C)(C)C)ncn1. The summed E-state index contributed by atoms with van der Waals surface area (Å²) in [4.78, 5) is 22.2. The summed E-state index contributed by atoms with van der Waals surface area (Å²) in [5.41, 5.74) is 0.282. The molecule has 0 aliphatic rings. The van der Waals surface area contributed by atoms with Gasteiger partial charge in [0.15, 0.2) is 0 Å².